The van der Waals surface area contributed by atoms with E-state index in [0.29, 0.717) is 38.2 Å². The molecule has 178 valence electrons. The largest absolute Gasteiger partial charge is 0.335 e. The van der Waals surface area contributed by atoms with Crippen LogP contribution in [0, 0.1) is 5.82 Å². The van der Waals surface area contributed by atoms with Crippen molar-refractivity contribution in [2.24, 2.45) is 0 Å². The molecule has 2 aromatic carbocycles. The lowest BCUT2D eigenvalue weighted by molar-refractivity contribution is -0.118. The third-order valence-corrected chi connectivity index (χ3v) is 7.68. The highest BCUT2D eigenvalue weighted by molar-refractivity contribution is 7.13. The number of halogens is 1. The van der Waals surface area contributed by atoms with Crippen molar-refractivity contribution in [2.45, 2.75) is 12.5 Å². The van der Waals surface area contributed by atoms with Crippen molar-refractivity contribution in [3.8, 4) is 5.69 Å². The Labute approximate surface area is 206 Å². The first kappa shape index (κ1) is 21.9. The van der Waals surface area contributed by atoms with Crippen LogP contribution in [0.4, 0.5) is 9.52 Å². The van der Waals surface area contributed by atoms with Crippen molar-refractivity contribution in [1.82, 2.24) is 19.4 Å². The van der Waals surface area contributed by atoms with Gasteiger partial charge in [-0.25, -0.2) is 9.37 Å². The molecule has 0 aliphatic carbocycles. The monoisotopic (exact) mass is 489 g/mol. The van der Waals surface area contributed by atoms with E-state index in [1.807, 2.05) is 45.3 Å². The van der Waals surface area contributed by atoms with Gasteiger partial charge in [0.05, 0.1) is 5.52 Å². The first-order chi connectivity index (χ1) is 17.1. The van der Waals surface area contributed by atoms with Gasteiger partial charge in [-0.05, 0) is 48.5 Å². The molecular formula is C26H24FN5O2S. The van der Waals surface area contributed by atoms with Gasteiger partial charge < -0.3 is 9.47 Å². The van der Waals surface area contributed by atoms with E-state index in [4.69, 9.17) is 0 Å². The normalized spacial score (nSPS) is 17.6. The predicted molar refractivity (Wildman–Crippen MR) is 134 cm³/mol. The molecular weight excluding hydrogens is 465 g/mol. The van der Waals surface area contributed by atoms with Crippen LogP contribution in [-0.2, 0) is 4.79 Å². The number of rotatable bonds is 4. The molecule has 2 aliphatic heterocycles. The average Bonchev–Trinajstić information content (AvgIpc) is 3.48. The molecule has 4 heterocycles. The van der Waals surface area contributed by atoms with Gasteiger partial charge in [-0.1, -0.05) is 0 Å². The van der Waals surface area contributed by atoms with Crippen molar-refractivity contribution < 1.29 is 14.0 Å². The van der Waals surface area contributed by atoms with Gasteiger partial charge in [0.15, 0.2) is 5.13 Å². The molecule has 2 fully saturated rings. The Morgan fingerprint density at radius 2 is 1.86 bits per heavy atom. The van der Waals surface area contributed by atoms with Gasteiger partial charge in [0.25, 0.3) is 5.91 Å². The van der Waals surface area contributed by atoms with E-state index < -0.39 is 0 Å². The van der Waals surface area contributed by atoms with Crippen LogP contribution < -0.4 is 4.90 Å². The smallest absolute Gasteiger partial charge is 0.253 e. The van der Waals surface area contributed by atoms with Crippen molar-refractivity contribution >= 4 is 39.2 Å². The van der Waals surface area contributed by atoms with Crippen LogP contribution in [0.5, 0.6) is 0 Å². The van der Waals surface area contributed by atoms with Gasteiger partial charge in [-0.2, -0.15) is 0 Å². The molecule has 2 aliphatic rings. The van der Waals surface area contributed by atoms with Gasteiger partial charge in [-0.3, -0.25) is 19.4 Å². The number of anilines is 1. The zero-order valence-electron chi connectivity index (χ0n) is 19.0. The molecule has 0 N–H and O–H groups in total. The Bertz CT molecular complexity index is 1380. The molecule has 2 amide bonds. The van der Waals surface area contributed by atoms with Crippen molar-refractivity contribution in [1.29, 1.82) is 0 Å². The highest BCUT2D eigenvalue weighted by Crippen LogP contribution is 2.26. The third-order valence-electron chi connectivity index (χ3n) is 6.88. The summed E-state index contributed by atoms with van der Waals surface area (Å²) in [6, 6.07) is 14.3. The summed E-state index contributed by atoms with van der Waals surface area (Å²) in [4.78, 5) is 35.9. The summed E-state index contributed by atoms with van der Waals surface area (Å²) in [6.07, 6.45) is 4.12. The van der Waals surface area contributed by atoms with Gasteiger partial charge in [0.2, 0.25) is 5.91 Å². The molecule has 6 rings (SSSR count). The van der Waals surface area contributed by atoms with Gasteiger partial charge in [0.1, 0.15) is 5.82 Å². The maximum atomic E-state index is 13.3. The molecule has 0 bridgehead atoms. The first-order valence-electron chi connectivity index (χ1n) is 11.7. The SMILES string of the molecule is O=C(c1ccc2c(ccn2-c2ccc(F)cc2)c1)N1CC(N2CCC(=O)N(c3nccs3)CC2)C1. The van der Waals surface area contributed by atoms with Crippen molar-refractivity contribution in [2.75, 3.05) is 37.6 Å². The lowest BCUT2D eigenvalue weighted by Crippen LogP contribution is -2.61. The topological polar surface area (TPSA) is 61.7 Å². The van der Waals surface area contributed by atoms with Crippen LogP contribution in [0.15, 0.2) is 66.3 Å². The minimum absolute atomic E-state index is 0.0213. The number of amides is 2. The fraction of sp³-hybridized carbons (Fsp3) is 0.269. The average molecular weight is 490 g/mol. The first-order valence-corrected chi connectivity index (χ1v) is 12.5. The highest BCUT2D eigenvalue weighted by Gasteiger charge is 2.37. The summed E-state index contributed by atoms with van der Waals surface area (Å²) in [5.41, 5.74) is 2.50. The molecule has 35 heavy (non-hydrogen) atoms. The Morgan fingerprint density at radius 3 is 2.63 bits per heavy atom. The molecule has 0 saturated carbocycles. The highest BCUT2D eigenvalue weighted by atomic mass is 32.1. The van der Waals surface area contributed by atoms with Crippen LogP contribution in [-0.4, -0.2) is 69.9 Å². The number of nitrogens with zero attached hydrogens (tertiary/aromatic N) is 5. The summed E-state index contributed by atoms with van der Waals surface area (Å²) in [5, 5.41) is 3.60. The molecule has 4 aromatic rings. The number of carbonyl (C=O) groups is 2. The number of carbonyl (C=O) groups excluding carboxylic acids is 2. The Hall–Kier alpha value is -3.56. The van der Waals surface area contributed by atoms with E-state index in [1.165, 1.54) is 23.5 Å². The summed E-state index contributed by atoms with van der Waals surface area (Å²) in [7, 11) is 0. The number of thiazole rings is 1. The Morgan fingerprint density at radius 1 is 1.03 bits per heavy atom. The lowest BCUT2D eigenvalue weighted by Gasteiger charge is -2.45. The van der Waals surface area contributed by atoms with E-state index in [9.17, 15) is 14.0 Å². The summed E-state index contributed by atoms with van der Waals surface area (Å²) < 4.78 is 15.3. The van der Waals surface area contributed by atoms with Crippen LogP contribution in [0.1, 0.15) is 16.8 Å². The van der Waals surface area contributed by atoms with E-state index in [0.717, 1.165) is 28.3 Å². The minimum Gasteiger partial charge on any atom is -0.335 e. The standard InChI is InChI=1S/C26H24FN5O2S/c27-20-2-4-21(5-3-20)31-11-7-18-15-19(1-6-23(18)31)25(34)30-16-22(17-30)29-10-8-24(33)32(13-12-29)26-28-9-14-35-26/h1-7,9,11,14-15,22H,8,10,12-13,16-17H2. The van der Waals surface area contributed by atoms with Gasteiger partial charge in [-0.15, -0.1) is 11.3 Å². The molecule has 0 spiro atoms. The van der Waals surface area contributed by atoms with Gasteiger partial charge in [0, 0.05) is 79.6 Å². The van der Waals surface area contributed by atoms with Crippen molar-refractivity contribution in [3.05, 3.63) is 77.7 Å². The van der Waals surface area contributed by atoms with E-state index in [1.54, 1.807) is 23.2 Å². The predicted octanol–water partition coefficient (Wildman–Crippen LogP) is 3.79. The maximum absolute atomic E-state index is 13.3. The second-order valence-corrected chi connectivity index (χ2v) is 9.82. The number of fused-ring (bicyclic) bond motifs is 1. The van der Waals surface area contributed by atoms with E-state index in [-0.39, 0.29) is 23.7 Å². The number of hydrogen-bond acceptors (Lipinski definition) is 5. The zero-order chi connectivity index (χ0) is 23.9. The number of aromatic nitrogens is 2. The molecule has 2 aromatic heterocycles. The molecule has 0 radical (unpaired) electrons. The lowest BCUT2D eigenvalue weighted by atomic mass is 10.0. The number of hydrogen-bond donors (Lipinski definition) is 0. The zero-order valence-corrected chi connectivity index (χ0v) is 19.8. The minimum atomic E-state index is -0.269. The maximum Gasteiger partial charge on any atom is 0.253 e. The Kier molecular flexibility index (Phi) is 5.58. The molecule has 0 unspecified atom stereocenters. The number of benzene rings is 2. The van der Waals surface area contributed by atoms with Crippen molar-refractivity contribution in [3.63, 3.8) is 0 Å². The molecule has 2 saturated heterocycles. The quantitative estimate of drug-likeness (QED) is 0.438. The van der Waals surface area contributed by atoms with Crippen LogP contribution in [0.25, 0.3) is 16.6 Å². The Balaban J connectivity index is 1.10. The van der Waals surface area contributed by atoms with E-state index in [2.05, 4.69) is 9.88 Å². The molecule has 0 atom stereocenters. The summed E-state index contributed by atoms with van der Waals surface area (Å²) >= 11 is 1.48. The third kappa shape index (κ3) is 4.11. The van der Waals surface area contributed by atoms with Crippen LogP contribution >= 0.6 is 11.3 Å². The summed E-state index contributed by atoms with van der Waals surface area (Å²) in [6.45, 7) is 3.44. The van der Waals surface area contributed by atoms with Crippen LogP contribution in [0.2, 0.25) is 0 Å². The van der Waals surface area contributed by atoms with E-state index >= 15 is 0 Å². The molecule has 7 nitrogen and oxygen atoms in total. The summed E-state index contributed by atoms with van der Waals surface area (Å²) in [5.74, 6) is -0.141. The fourth-order valence-corrected chi connectivity index (χ4v) is 5.58. The fourth-order valence-electron chi connectivity index (χ4n) is 4.89. The second kappa shape index (κ2) is 8.90. The molecule has 9 heteroatoms. The second-order valence-electron chi connectivity index (χ2n) is 8.95. The van der Waals surface area contributed by atoms with Gasteiger partial charge >= 0.3 is 0 Å². The number of likely N-dealkylation sites (tertiary alicyclic amines) is 1. The van der Waals surface area contributed by atoms with Crippen LogP contribution in [0.3, 0.4) is 0 Å².